The highest BCUT2D eigenvalue weighted by Gasteiger charge is 2.28. The van der Waals surface area contributed by atoms with E-state index in [1.54, 1.807) is 6.07 Å². The number of carboxylic acid groups (broad SMARTS) is 1. The Morgan fingerprint density at radius 3 is 2.18 bits per heavy atom. The van der Waals surface area contributed by atoms with Gasteiger partial charge in [0.05, 0.1) is 0 Å². The largest absolute Gasteiger partial charge is 0.506 e. The van der Waals surface area contributed by atoms with Crippen LogP contribution in [0.3, 0.4) is 0 Å². The predicted octanol–water partition coefficient (Wildman–Crippen LogP) is 1.29. The summed E-state index contributed by atoms with van der Waals surface area (Å²) in [7, 11) is 0. The fourth-order valence-corrected chi connectivity index (χ4v) is 1.15. The molecule has 0 aliphatic carbocycles. The third-order valence-electron chi connectivity index (χ3n) is 1.92. The van der Waals surface area contributed by atoms with Gasteiger partial charge in [0.25, 0.3) is 0 Å². The summed E-state index contributed by atoms with van der Waals surface area (Å²) in [6.45, 7) is 0. The number of benzene rings is 1. The van der Waals surface area contributed by atoms with Gasteiger partial charge in [0.2, 0.25) is 0 Å². The number of hydrogen-bond donors (Lipinski definition) is 3. The summed E-state index contributed by atoms with van der Waals surface area (Å²) in [6.07, 6.45) is 0. The molecular formula is C10H8N2O5. The zero-order valence-electron chi connectivity index (χ0n) is 8.45. The zero-order chi connectivity index (χ0) is 13.0. The van der Waals surface area contributed by atoms with Crippen LogP contribution in [0, 0.1) is 15.5 Å². The molecule has 7 heteroatoms. The standard InChI is InChI=1S/C10H8N2O5/c11-9(12(16)17)7(10(14)15)8(13)6-4-2-1-3-5-6/h1-5,11,13H,(H,14,15). The number of carbonyl (C=O) groups is 1. The van der Waals surface area contributed by atoms with Crippen molar-refractivity contribution >= 4 is 17.6 Å². The molecule has 17 heavy (non-hydrogen) atoms. The molecule has 0 spiro atoms. The Kier molecular flexibility index (Phi) is 3.55. The first-order chi connectivity index (χ1) is 7.95. The van der Waals surface area contributed by atoms with Crippen LogP contribution in [0.25, 0.3) is 5.76 Å². The van der Waals surface area contributed by atoms with Crippen molar-refractivity contribution in [3.8, 4) is 0 Å². The fraction of sp³-hybridized carbons (Fsp3) is 0. The van der Waals surface area contributed by atoms with E-state index in [-0.39, 0.29) is 5.56 Å². The molecule has 1 aromatic carbocycles. The third kappa shape index (κ3) is 2.65. The molecule has 0 aromatic heterocycles. The Balaban J connectivity index is 3.36. The van der Waals surface area contributed by atoms with Crippen LogP contribution in [0.1, 0.15) is 5.56 Å². The van der Waals surface area contributed by atoms with Gasteiger partial charge in [-0.1, -0.05) is 35.7 Å². The number of rotatable bonds is 3. The van der Waals surface area contributed by atoms with Crippen LogP contribution >= 0.6 is 0 Å². The predicted molar refractivity (Wildman–Crippen MR) is 58.3 cm³/mol. The van der Waals surface area contributed by atoms with Gasteiger partial charge in [-0.05, 0) is 4.92 Å². The zero-order valence-corrected chi connectivity index (χ0v) is 8.45. The number of carboxylic acids is 1. The van der Waals surface area contributed by atoms with E-state index in [2.05, 4.69) is 0 Å². The van der Waals surface area contributed by atoms with Gasteiger partial charge in [-0.3, -0.25) is 0 Å². The molecule has 0 amide bonds. The second-order valence-electron chi connectivity index (χ2n) is 3.00. The second-order valence-corrected chi connectivity index (χ2v) is 3.00. The van der Waals surface area contributed by atoms with Crippen molar-refractivity contribution in [3.63, 3.8) is 0 Å². The van der Waals surface area contributed by atoms with Crippen LogP contribution < -0.4 is 0 Å². The molecule has 0 aliphatic rings. The molecule has 3 N–H and O–H groups in total. The van der Waals surface area contributed by atoms with Crippen molar-refractivity contribution in [1.82, 2.24) is 0 Å². The molecule has 0 atom stereocenters. The molecule has 0 radical (unpaired) electrons. The van der Waals surface area contributed by atoms with E-state index in [1.165, 1.54) is 24.3 Å². The van der Waals surface area contributed by atoms with Gasteiger partial charge in [0, 0.05) is 5.56 Å². The first-order valence-corrected chi connectivity index (χ1v) is 4.40. The summed E-state index contributed by atoms with van der Waals surface area (Å²) < 4.78 is 0. The lowest BCUT2D eigenvalue weighted by molar-refractivity contribution is -0.350. The lowest BCUT2D eigenvalue weighted by Crippen LogP contribution is -2.21. The summed E-state index contributed by atoms with van der Waals surface area (Å²) in [6, 6.07) is 7.45. The van der Waals surface area contributed by atoms with Crippen molar-refractivity contribution in [2.24, 2.45) is 0 Å². The first kappa shape index (κ1) is 12.4. The van der Waals surface area contributed by atoms with Crippen LogP contribution in [0.5, 0.6) is 0 Å². The summed E-state index contributed by atoms with van der Waals surface area (Å²) in [4.78, 5) is 20.0. The summed E-state index contributed by atoms with van der Waals surface area (Å²) >= 11 is 0. The first-order valence-electron chi connectivity index (χ1n) is 4.40. The van der Waals surface area contributed by atoms with Crippen molar-refractivity contribution in [3.05, 3.63) is 51.6 Å². The van der Waals surface area contributed by atoms with E-state index >= 15 is 0 Å². The Morgan fingerprint density at radius 1 is 1.24 bits per heavy atom. The van der Waals surface area contributed by atoms with Crippen molar-refractivity contribution in [2.45, 2.75) is 0 Å². The maximum Gasteiger partial charge on any atom is 0.374 e. The molecule has 0 unspecified atom stereocenters. The smallest absolute Gasteiger partial charge is 0.374 e. The molecule has 0 aliphatic heterocycles. The molecule has 0 fully saturated rings. The Labute approximate surface area is 95.3 Å². The number of aliphatic hydroxyl groups excluding tert-OH is 1. The highest BCUT2D eigenvalue weighted by molar-refractivity contribution is 6.18. The molecule has 0 saturated heterocycles. The monoisotopic (exact) mass is 236 g/mol. The summed E-state index contributed by atoms with van der Waals surface area (Å²) in [5.41, 5.74) is -0.947. The molecule has 0 saturated carbocycles. The maximum atomic E-state index is 10.8. The normalized spacial score (nSPS) is 11.5. The average Bonchev–Trinajstić information content (AvgIpc) is 2.29. The van der Waals surface area contributed by atoms with Gasteiger partial charge in [-0.2, -0.15) is 0 Å². The molecule has 0 bridgehead atoms. The van der Waals surface area contributed by atoms with E-state index in [9.17, 15) is 20.0 Å². The van der Waals surface area contributed by atoms with Gasteiger partial charge in [-0.15, -0.1) is 0 Å². The summed E-state index contributed by atoms with van der Waals surface area (Å²) in [5, 5.41) is 35.8. The molecule has 7 nitrogen and oxygen atoms in total. The van der Waals surface area contributed by atoms with E-state index in [1.807, 2.05) is 0 Å². The van der Waals surface area contributed by atoms with Gasteiger partial charge in [-0.25, -0.2) is 4.79 Å². The van der Waals surface area contributed by atoms with Crippen molar-refractivity contribution in [1.29, 1.82) is 5.41 Å². The van der Waals surface area contributed by atoms with E-state index in [0.29, 0.717) is 0 Å². The minimum Gasteiger partial charge on any atom is -0.506 e. The Morgan fingerprint density at radius 2 is 1.76 bits per heavy atom. The van der Waals surface area contributed by atoms with E-state index < -0.39 is 28.1 Å². The molecule has 1 aromatic rings. The minimum absolute atomic E-state index is 0.0940. The molecular weight excluding hydrogens is 228 g/mol. The lowest BCUT2D eigenvalue weighted by Gasteiger charge is -2.04. The van der Waals surface area contributed by atoms with E-state index in [0.717, 1.165) is 0 Å². The van der Waals surface area contributed by atoms with Gasteiger partial charge in [0.1, 0.15) is 5.76 Å². The Hall–Kier alpha value is -2.70. The summed E-state index contributed by atoms with van der Waals surface area (Å²) in [5.74, 6) is -3.90. The minimum atomic E-state index is -1.73. The lowest BCUT2D eigenvalue weighted by atomic mass is 10.1. The fourth-order valence-electron chi connectivity index (χ4n) is 1.15. The van der Waals surface area contributed by atoms with Crippen LogP contribution in [0.2, 0.25) is 0 Å². The highest BCUT2D eigenvalue weighted by atomic mass is 16.6. The van der Waals surface area contributed by atoms with Gasteiger partial charge >= 0.3 is 11.8 Å². The van der Waals surface area contributed by atoms with Crippen LogP contribution in [-0.4, -0.2) is 26.9 Å². The molecule has 1 rings (SSSR count). The second kappa shape index (κ2) is 4.88. The topological polar surface area (TPSA) is 125 Å². The van der Waals surface area contributed by atoms with Crippen molar-refractivity contribution < 1.29 is 19.9 Å². The number of nitrogens with zero attached hydrogens (tertiary/aromatic N) is 1. The molecule has 88 valence electrons. The van der Waals surface area contributed by atoms with Crippen LogP contribution in [-0.2, 0) is 4.79 Å². The number of aliphatic hydroxyl groups is 1. The maximum absolute atomic E-state index is 10.8. The molecule has 0 heterocycles. The number of aliphatic carboxylic acids is 1. The third-order valence-corrected chi connectivity index (χ3v) is 1.92. The average molecular weight is 236 g/mol. The number of nitro groups is 1. The highest BCUT2D eigenvalue weighted by Crippen LogP contribution is 2.16. The van der Waals surface area contributed by atoms with Crippen LogP contribution in [0.4, 0.5) is 0 Å². The number of hydrogen-bond acceptors (Lipinski definition) is 5. The Bertz CT molecular complexity index is 507. The van der Waals surface area contributed by atoms with E-state index in [4.69, 9.17) is 10.5 Å². The van der Waals surface area contributed by atoms with Gasteiger partial charge < -0.3 is 20.3 Å². The number of nitrogens with one attached hydrogen (secondary N) is 1. The number of amidine groups is 1. The van der Waals surface area contributed by atoms with Crippen LogP contribution in [0.15, 0.2) is 35.9 Å². The SMILES string of the molecule is N=C(C(C(=O)O)=C(O)c1ccccc1)[N+](=O)[O-]. The van der Waals surface area contributed by atoms with Crippen molar-refractivity contribution in [2.75, 3.05) is 0 Å². The van der Waals surface area contributed by atoms with Gasteiger partial charge in [0.15, 0.2) is 5.57 Å². The quantitative estimate of drug-likeness (QED) is 0.182.